The highest BCUT2D eigenvalue weighted by molar-refractivity contribution is 5.96. The van der Waals surface area contributed by atoms with Crippen molar-refractivity contribution < 1.29 is 27.5 Å². The average molecular weight is 399 g/mol. The lowest BCUT2D eigenvalue weighted by atomic mass is 10.0. The van der Waals surface area contributed by atoms with Gasteiger partial charge in [-0.05, 0) is 25.7 Å². The third-order valence-corrected chi connectivity index (χ3v) is 4.25. The van der Waals surface area contributed by atoms with E-state index in [0.717, 1.165) is 12.8 Å². The fraction of sp³-hybridized carbons (Fsp3) is 0.529. The summed E-state index contributed by atoms with van der Waals surface area (Å²) in [4.78, 5) is 12.5. The Morgan fingerprint density at radius 2 is 2.14 bits per heavy atom. The molecule has 1 fully saturated rings. The van der Waals surface area contributed by atoms with Crippen molar-refractivity contribution >= 4 is 5.84 Å². The van der Waals surface area contributed by atoms with Crippen LogP contribution in [0, 0.1) is 6.92 Å². The standard InChI is InChI=1S/C17H20F3N5O3/c1-9-23-15(25-28-9)16(2,7-26)24-14(21)12-5-13(27-8-17(18,19)20)11(6-22-12)10-3-4-10/h5-6,10,26H,3-4,7-8H2,1-2H3,(H2,21,24). The monoisotopic (exact) mass is 399 g/mol. The van der Waals surface area contributed by atoms with Crippen molar-refractivity contribution in [3.8, 4) is 5.75 Å². The molecular weight excluding hydrogens is 379 g/mol. The Kier molecular flexibility index (Phi) is 5.28. The van der Waals surface area contributed by atoms with Gasteiger partial charge in [-0.3, -0.25) is 4.98 Å². The number of aliphatic hydroxyl groups excluding tert-OH is 1. The molecule has 3 N–H and O–H groups in total. The highest BCUT2D eigenvalue weighted by atomic mass is 19.4. The van der Waals surface area contributed by atoms with Crippen molar-refractivity contribution in [1.29, 1.82) is 0 Å². The summed E-state index contributed by atoms with van der Waals surface area (Å²) in [6.45, 7) is 1.25. The largest absolute Gasteiger partial charge is 0.484 e. The van der Waals surface area contributed by atoms with Crippen molar-refractivity contribution in [2.75, 3.05) is 13.2 Å². The third kappa shape index (κ3) is 4.58. The summed E-state index contributed by atoms with van der Waals surface area (Å²) in [5.41, 5.74) is 5.44. The third-order valence-electron chi connectivity index (χ3n) is 4.25. The molecule has 0 aromatic carbocycles. The second-order valence-corrected chi connectivity index (χ2v) is 6.85. The zero-order valence-corrected chi connectivity index (χ0v) is 15.3. The summed E-state index contributed by atoms with van der Waals surface area (Å²) < 4.78 is 47.6. The molecule has 0 aliphatic heterocycles. The highest BCUT2D eigenvalue weighted by Gasteiger charge is 2.33. The van der Waals surface area contributed by atoms with Gasteiger partial charge in [-0.25, -0.2) is 4.99 Å². The lowest BCUT2D eigenvalue weighted by Gasteiger charge is -2.19. The number of hydrogen-bond acceptors (Lipinski definition) is 7. The Morgan fingerprint density at radius 1 is 1.43 bits per heavy atom. The number of hydrogen-bond donors (Lipinski definition) is 2. The molecule has 2 aromatic rings. The minimum Gasteiger partial charge on any atom is -0.484 e. The molecule has 28 heavy (non-hydrogen) atoms. The summed E-state index contributed by atoms with van der Waals surface area (Å²) in [7, 11) is 0. The van der Waals surface area contributed by atoms with Gasteiger partial charge >= 0.3 is 6.18 Å². The summed E-state index contributed by atoms with van der Waals surface area (Å²) >= 11 is 0. The van der Waals surface area contributed by atoms with Gasteiger partial charge in [-0.2, -0.15) is 18.2 Å². The Bertz CT molecular complexity index is 879. The number of aryl methyl sites for hydroxylation is 1. The minimum atomic E-state index is -4.46. The van der Waals surface area contributed by atoms with Gasteiger partial charge in [-0.15, -0.1) is 0 Å². The average Bonchev–Trinajstić information content (AvgIpc) is 3.39. The first kappa shape index (κ1) is 20.1. The van der Waals surface area contributed by atoms with Crippen LogP contribution in [-0.2, 0) is 5.54 Å². The van der Waals surface area contributed by atoms with Gasteiger partial charge in [-0.1, -0.05) is 5.16 Å². The van der Waals surface area contributed by atoms with Crippen LogP contribution in [0.25, 0.3) is 0 Å². The fourth-order valence-electron chi connectivity index (χ4n) is 2.57. The summed E-state index contributed by atoms with van der Waals surface area (Å²) in [6.07, 6.45) is -1.27. The van der Waals surface area contributed by atoms with E-state index in [0.29, 0.717) is 5.56 Å². The molecule has 0 amide bonds. The van der Waals surface area contributed by atoms with E-state index in [2.05, 4.69) is 20.1 Å². The first-order chi connectivity index (χ1) is 13.1. The molecule has 3 rings (SSSR count). The number of aromatic nitrogens is 3. The maximum Gasteiger partial charge on any atom is 0.422 e. The molecule has 1 unspecified atom stereocenters. The molecule has 152 valence electrons. The molecular formula is C17H20F3N5O3. The Balaban J connectivity index is 1.92. The minimum absolute atomic E-state index is 0.0732. The number of alkyl halides is 3. The Hall–Kier alpha value is -2.69. The van der Waals surface area contributed by atoms with Crippen LogP contribution >= 0.6 is 0 Å². The zero-order chi connectivity index (χ0) is 20.5. The lowest BCUT2D eigenvalue weighted by Crippen LogP contribution is -2.30. The van der Waals surface area contributed by atoms with Gasteiger partial charge in [0.25, 0.3) is 0 Å². The topological polar surface area (TPSA) is 120 Å². The number of aliphatic hydroxyl groups is 1. The molecule has 1 saturated carbocycles. The molecule has 1 aliphatic rings. The number of aliphatic imine (C=N–C) groups is 1. The maximum atomic E-state index is 12.6. The lowest BCUT2D eigenvalue weighted by molar-refractivity contribution is -0.153. The normalized spacial score (nSPS) is 17.4. The number of pyridine rings is 1. The van der Waals surface area contributed by atoms with E-state index in [1.165, 1.54) is 12.3 Å². The van der Waals surface area contributed by atoms with Gasteiger partial charge in [0.05, 0.1) is 6.61 Å². The Morgan fingerprint density at radius 3 is 2.68 bits per heavy atom. The fourth-order valence-corrected chi connectivity index (χ4v) is 2.57. The van der Waals surface area contributed by atoms with Gasteiger partial charge in [0.15, 0.2) is 6.61 Å². The number of amidine groups is 1. The van der Waals surface area contributed by atoms with Crippen molar-refractivity contribution in [1.82, 2.24) is 15.1 Å². The molecule has 0 saturated heterocycles. The van der Waals surface area contributed by atoms with Crippen molar-refractivity contribution in [3.63, 3.8) is 0 Å². The highest BCUT2D eigenvalue weighted by Crippen LogP contribution is 2.44. The van der Waals surface area contributed by atoms with E-state index in [-0.39, 0.29) is 34.9 Å². The van der Waals surface area contributed by atoms with Gasteiger partial charge in [0.1, 0.15) is 22.8 Å². The molecule has 0 bridgehead atoms. The summed E-state index contributed by atoms with van der Waals surface area (Å²) in [6, 6.07) is 1.33. The smallest absolute Gasteiger partial charge is 0.422 e. The van der Waals surface area contributed by atoms with Crippen LogP contribution in [-0.4, -0.2) is 45.5 Å². The van der Waals surface area contributed by atoms with Crippen molar-refractivity contribution in [2.24, 2.45) is 10.7 Å². The number of rotatable bonds is 7. The van der Waals surface area contributed by atoms with E-state index in [1.807, 2.05) is 0 Å². The molecule has 11 heteroatoms. The van der Waals surface area contributed by atoms with Crippen LogP contribution < -0.4 is 10.5 Å². The van der Waals surface area contributed by atoms with Gasteiger partial charge in [0, 0.05) is 24.8 Å². The van der Waals surface area contributed by atoms with E-state index in [4.69, 9.17) is 15.0 Å². The maximum absolute atomic E-state index is 12.6. The number of nitrogens with two attached hydrogens (primary N) is 1. The first-order valence-corrected chi connectivity index (χ1v) is 8.58. The number of nitrogens with zero attached hydrogens (tertiary/aromatic N) is 4. The van der Waals surface area contributed by atoms with E-state index in [9.17, 15) is 18.3 Å². The van der Waals surface area contributed by atoms with Crippen LogP contribution in [0.3, 0.4) is 0 Å². The molecule has 0 spiro atoms. The molecule has 0 radical (unpaired) electrons. The van der Waals surface area contributed by atoms with Crippen LogP contribution in [0.2, 0.25) is 0 Å². The Labute approximate surface area is 158 Å². The molecule has 2 aromatic heterocycles. The van der Waals surface area contributed by atoms with Crippen LogP contribution in [0.5, 0.6) is 5.75 Å². The number of halogens is 3. The van der Waals surface area contributed by atoms with Crippen LogP contribution in [0.1, 0.15) is 48.7 Å². The predicted octanol–water partition coefficient (Wildman–Crippen LogP) is 2.20. The molecule has 1 aliphatic carbocycles. The van der Waals surface area contributed by atoms with Crippen LogP contribution in [0.4, 0.5) is 13.2 Å². The molecule has 1 atom stereocenters. The summed E-state index contributed by atoms with van der Waals surface area (Å²) in [5.74, 6) is 0.520. The van der Waals surface area contributed by atoms with Crippen molar-refractivity contribution in [2.45, 2.75) is 44.3 Å². The predicted molar refractivity (Wildman–Crippen MR) is 92.0 cm³/mol. The van der Waals surface area contributed by atoms with Gasteiger partial charge in [0.2, 0.25) is 11.7 Å². The van der Waals surface area contributed by atoms with E-state index < -0.39 is 24.9 Å². The zero-order valence-electron chi connectivity index (χ0n) is 15.3. The van der Waals surface area contributed by atoms with Crippen LogP contribution in [0.15, 0.2) is 21.8 Å². The van der Waals surface area contributed by atoms with E-state index >= 15 is 0 Å². The van der Waals surface area contributed by atoms with Crippen molar-refractivity contribution in [3.05, 3.63) is 35.2 Å². The second kappa shape index (κ2) is 7.38. The summed E-state index contributed by atoms with van der Waals surface area (Å²) in [5, 5.41) is 13.5. The number of ether oxygens (including phenoxy) is 1. The second-order valence-electron chi connectivity index (χ2n) is 6.85. The first-order valence-electron chi connectivity index (χ1n) is 8.58. The SMILES string of the molecule is Cc1nc(C(C)(CO)N=C(N)c2cc(OCC(F)(F)F)c(C3CC3)cn2)no1. The molecule has 8 nitrogen and oxygen atoms in total. The van der Waals surface area contributed by atoms with Gasteiger partial charge < -0.3 is 20.1 Å². The quantitative estimate of drug-likeness (QED) is 0.541. The van der Waals surface area contributed by atoms with E-state index in [1.54, 1.807) is 13.8 Å². The molecule has 2 heterocycles.